The molecule has 0 radical (unpaired) electrons. The maximum atomic E-state index is 14.4. The Balaban J connectivity index is 1.29. The van der Waals surface area contributed by atoms with Gasteiger partial charge in [-0.1, -0.05) is 59.8 Å². The number of likely N-dealkylation sites (tertiary alicyclic amines) is 1. The zero-order chi connectivity index (χ0) is 28.3. The second kappa shape index (κ2) is 9.64. The van der Waals surface area contributed by atoms with Crippen LogP contribution in [0.2, 0.25) is 0 Å². The van der Waals surface area contributed by atoms with Crippen LogP contribution < -0.4 is 4.90 Å². The second-order valence-electron chi connectivity index (χ2n) is 11.0. The molecule has 2 aromatic carbocycles. The van der Waals surface area contributed by atoms with Gasteiger partial charge in [0.15, 0.2) is 0 Å². The van der Waals surface area contributed by atoms with Crippen molar-refractivity contribution in [2.75, 3.05) is 24.6 Å². The number of carbonyl (C=O) groups excluding carboxylic acids is 3. The van der Waals surface area contributed by atoms with Crippen molar-refractivity contribution < 1.29 is 24.2 Å². The number of amides is 3. The highest BCUT2D eigenvalue weighted by Gasteiger charge is 2.72. The fourth-order valence-corrected chi connectivity index (χ4v) is 6.84. The third-order valence-corrected chi connectivity index (χ3v) is 8.71. The summed E-state index contributed by atoms with van der Waals surface area (Å²) in [6.07, 6.45) is 6.67. The molecule has 1 unspecified atom stereocenters. The number of fused-ring (bicyclic) bond motifs is 3. The number of anilines is 1. The van der Waals surface area contributed by atoms with E-state index in [1.165, 1.54) is 4.90 Å². The van der Waals surface area contributed by atoms with Gasteiger partial charge in [-0.15, -0.1) is 5.10 Å². The molecule has 6 atom stereocenters. The van der Waals surface area contributed by atoms with Crippen molar-refractivity contribution in [3.63, 3.8) is 0 Å². The number of para-hydroxylation sites is 2. The first-order valence-corrected chi connectivity index (χ1v) is 13.8. The van der Waals surface area contributed by atoms with Crippen LogP contribution in [-0.2, 0) is 25.8 Å². The van der Waals surface area contributed by atoms with Crippen LogP contribution in [0.15, 0.2) is 78.9 Å². The van der Waals surface area contributed by atoms with Gasteiger partial charge in [0.25, 0.3) is 5.91 Å². The van der Waals surface area contributed by atoms with Crippen molar-refractivity contribution in [1.82, 2.24) is 24.8 Å². The summed E-state index contributed by atoms with van der Waals surface area (Å²) in [7, 11) is 0. The largest absolute Gasteiger partial charge is 0.394 e. The zero-order valence-corrected chi connectivity index (χ0v) is 22.5. The van der Waals surface area contributed by atoms with Gasteiger partial charge in [0, 0.05) is 18.8 Å². The first-order chi connectivity index (χ1) is 19.9. The molecular weight excluding hydrogens is 524 g/mol. The van der Waals surface area contributed by atoms with Crippen LogP contribution in [0.4, 0.5) is 5.69 Å². The molecule has 3 aromatic rings. The SMILES string of the molecule is C[C@H](CO)N1C(=O)[C@@H]2[C@@H]3C(=O)N(c4ccccc4)CC=C[C@@H]3O[C@@]23C=CCN(Cn2nnc4ccccc42)C(=O)C13. The van der Waals surface area contributed by atoms with Gasteiger partial charge in [-0.05, 0) is 31.2 Å². The van der Waals surface area contributed by atoms with Crippen LogP contribution in [0.3, 0.4) is 0 Å². The van der Waals surface area contributed by atoms with E-state index in [1.54, 1.807) is 27.5 Å². The van der Waals surface area contributed by atoms with Gasteiger partial charge in [0.05, 0.1) is 36.1 Å². The van der Waals surface area contributed by atoms with E-state index in [9.17, 15) is 19.5 Å². The van der Waals surface area contributed by atoms with Crippen molar-refractivity contribution in [2.24, 2.45) is 11.8 Å². The lowest BCUT2D eigenvalue weighted by Crippen LogP contribution is -2.57. The van der Waals surface area contributed by atoms with E-state index in [0.29, 0.717) is 12.1 Å². The van der Waals surface area contributed by atoms with E-state index in [1.807, 2.05) is 72.8 Å². The molecule has 11 heteroatoms. The lowest BCUT2D eigenvalue weighted by molar-refractivity contribution is -0.151. The van der Waals surface area contributed by atoms with Gasteiger partial charge in [0.1, 0.15) is 23.8 Å². The van der Waals surface area contributed by atoms with Crippen molar-refractivity contribution in [1.29, 1.82) is 0 Å². The highest BCUT2D eigenvalue weighted by atomic mass is 16.5. The fourth-order valence-electron chi connectivity index (χ4n) is 6.84. The quantitative estimate of drug-likeness (QED) is 0.473. The first kappa shape index (κ1) is 25.6. The lowest BCUT2D eigenvalue weighted by atomic mass is 9.77. The molecule has 4 aliphatic rings. The monoisotopic (exact) mass is 554 g/mol. The van der Waals surface area contributed by atoms with Crippen molar-refractivity contribution in [2.45, 2.75) is 37.4 Å². The molecule has 5 heterocycles. The topological polar surface area (TPSA) is 121 Å². The number of nitrogens with zero attached hydrogens (tertiary/aromatic N) is 6. The Labute approximate surface area is 236 Å². The molecule has 4 aliphatic heterocycles. The molecule has 7 rings (SSSR count). The van der Waals surface area contributed by atoms with Crippen LogP contribution in [0.5, 0.6) is 0 Å². The minimum absolute atomic E-state index is 0.115. The summed E-state index contributed by atoms with van der Waals surface area (Å²) in [6, 6.07) is 15.1. The standard InChI is InChI=1S/C30H30N6O5/c1-19(17-37)36-26-29(40)33(18-35-22-12-6-5-11-21(22)31-32-35)15-8-14-30(26)25(28(36)39)24-23(41-30)13-7-16-34(27(24)38)20-9-3-2-4-10-20/h2-14,19,23-26,37H,15-18H2,1H3/t19-,23+,24-,25+,26?,30+/m1/s1. The fraction of sp³-hybridized carbons (Fsp3) is 0.367. The lowest BCUT2D eigenvalue weighted by Gasteiger charge is -2.37. The average molecular weight is 555 g/mol. The number of aliphatic hydroxyl groups excluding tert-OH is 1. The van der Waals surface area contributed by atoms with E-state index in [4.69, 9.17) is 4.74 Å². The van der Waals surface area contributed by atoms with Gasteiger partial charge in [0.2, 0.25) is 11.8 Å². The molecule has 41 heavy (non-hydrogen) atoms. The van der Waals surface area contributed by atoms with Crippen LogP contribution in [-0.4, -0.2) is 91.1 Å². The normalized spacial score (nSPS) is 29.9. The molecule has 1 spiro atoms. The van der Waals surface area contributed by atoms with Gasteiger partial charge >= 0.3 is 0 Å². The summed E-state index contributed by atoms with van der Waals surface area (Å²) in [4.78, 5) is 47.5. The highest BCUT2D eigenvalue weighted by Crippen LogP contribution is 2.54. The predicted molar refractivity (Wildman–Crippen MR) is 148 cm³/mol. The second-order valence-corrected chi connectivity index (χ2v) is 11.0. The van der Waals surface area contributed by atoms with Crippen LogP contribution in [0, 0.1) is 11.8 Å². The molecule has 11 nitrogen and oxygen atoms in total. The minimum Gasteiger partial charge on any atom is -0.394 e. The summed E-state index contributed by atoms with van der Waals surface area (Å²) < 4.78 is 8.32. The smallest absolute Gasteiger partial charge is 0.250 e. The van der Waals surface area contributed by atoms with Crippen molar-refractivity contribution in [3.8, 4) is 0 Å². The Morgan fingerprint density at radius 3 is 2.59 bits per heavy atom. The number of hydrogen-bond acceptors (Lipinski definition) is 7. The number of carbonyl (C=O) groups is 3. The molecule has 2 fully saturated rings. The van der Waals surface area contributed by atoms with E-state index >= 15 is 0 Å². The summed E-state index contributed by atoms with van der Waals surface area (Å²) in [5.41, 5.74) is 0.845. The molecule has 0 aliphatic carbocycles. The molecule has 1 N–H and O–H groups in total. The minimum atomic E-state index is -1.37. The third-order valence-electron chi connectivity index (χ3n) is 8.71. The average Bonchev–Trinajstić information content (AvgIpc) is 3.55. The maximum absolute atomic E-state index is 14.4. The molecule has 0 bridgehead atoms. The number of rotatable bonds is 5. The van der Waals surface area contributed by atoms with Gasteiger partial charge in [-0.25, -0.2) is 4.68 Å². The zero-order valence-electron chi connectivity index (χ0n) is 22.5. The van der Waals surface area contributed by atoms with E-state index in [-0.39, 0.29) is 37.5 Å². The molecular formula is C30H30N6O5. The Bertz CT molecular complexity index is 1590. The van der Waals surface area contributed by atoms with E-state index in [0.717, 1.165) is 11.2 Å². The van der Waals surface area contributed by atoms with Crippen molar-refractivity contribution >= 4 is 34.4 Å². The summed E-state index contributed by atoms with van der Waals surface area (Å²) >= 11 is 0. The Hall–Kier alpha value is -4.35. The van der Waals surface area contributed by atoms with Crippen molar-refractivity contribution in [3.05, 3.63) is 78.9 Å². The number of hydrogen-bond donors (Lipinski definition) is 1. The van der Waals surface area contributed by atoms with Gasteiger partial charge < -0.3 is 24.5 Å². The number of benzene rings is 2. The molecule has 0 saturated carbocycles. The summed E-state index contributed by atoms with van der Waals surface area (Å²) in [6.45, 7) is 2.08. The van der Waals surface area contributed by atoms with Crippen LogP contribution >= 0.6 is 0 Å². The molecule has 1 aromatic heterocycles. The number of aliphatic hydroxyl groups is 1. The first-order valence-electron chi connectivity index (χ1n) is 13.8. The van der Waals surface area contributed by atoms with Crippen LogP contribution in [0.25, 0.3) is 11.0 Å². The maximum Gasteiger partial charge on any atom is 0.250 e. The predicted octanol–water partition coefficient (Wildman–Crippen LogP) is 1.35. The Kier molecular flexibility index (Phi) is 6.02. The third kappa shape index (κ3) is 3.76. The molecule has 210 valence electrons. The summed E-state index contributed by atoms with van der Waals surface area (Å²) in [5, 5.41) is 18.6. The van der Waals surface area contributed by atoms with E-state index in [2.05, 4.69) is 10.3 Å². The highest BCUT2D eigenvalue weighted by molar-refractivity contribution is 6.03. The van der Waals surface area contributed by atoms with Gasteiger partial charge in [-0.2, -0.15) is 0 Å². The Morgan fingerprint density at radius 2 is 1.78 bits per heavy atom. The number of aromatic nitrogens is 3. The van der Waals surface area contributed by atoms with Crippen LogP contribution in [0.1, 0.15) is 6.92 Å². The van der Waals surface area contributed by atoms with E-state index < -0.39 is 35.6 Å². The molecule has 3 amide bonds. The Morgan fingerprint density at radius 1 is 1.00 bits per heavy atom. The number of ether oxygens (including phenoxy) is 1. The summed E-state index contributed by atoms with van der Waals surface area (Å²) in [5.74, 6) is -2.69. The molecule has 2 saturated heterocycles. The van der Waals surface area contributed by atoms with Gasteiger partial charge in [-0.3, -0.25) is 14.4 Å².